The Hall–Kier alpha value is -13.8. The molecule has 12 aromatic heterocycles. The predicted molar refractivity (Wildman–Crippen MR) is 557 cm³/mol. The minimum atomic E-state index is -0.145. The summed E-state index contributed by atoms with van der Waals surface area (Å²) in [6, 6.07) is 66.4. The van der Waals surface area contributed by atoms with Crippen molar-refractivity contribution in [1.29, 1.82) is 0 Å². The Morgan fingerprint density at radius 2 is 0.581 bits per heavy atom. The van der Waals surface area contributed by atoms with Crippen molar-refractivity contribution in [2.24, 2.45) is 28.2 Å². The molecule has 0 atom stereocenters. The molecule has 4 aliphatic carbocycles. The van der Waals surface area contributed by atoms with E-state index in [-0.39, 0.29) is 21.7 Å². The summed E-state index contributed by atoms with van der Waals surface area (Å²) >= 11 is 0. The maximum Gasteiger partial charge on any atom is 0.227 e. The highest BCUT2D eigenvalue weighted by atomic mass is 16.3. The van der Waals surface area contributed by atoms with E-state index in [1.165, 1.54) is 189 Å². The minimum Gasteiger partial charge on any atom is -0.455 e. The lowest BCUT2D eigenvalue weighted by Crippen LogP contribution is -2.32. The lowest BCUT2D eigenvalue weighted by molar-refractivity contribution is -0.661. The summed E-state index contributed by atoms with van der Waals surface area (Å²) in [5.74, 6) is 1.96. The smallest absolute Gasteiger partial charge is 0.227 e. The zero-order valence-electron chi connectivity index (χ0n) is 84.3. The van der Waals surface area contributed by atoms with Gasteiger partial charge in [0.1, 0.15) is 50.5 Å². The Bertz CT molecular complexity index is 7870. The number of benzene rings is 8. The molecule has 4 aliphatic rings. The first kappa shape index (κ1) is 88.7. The first-order valence-corrected chi connectivity index (χ1v) is 48.6. The standard InChI is InChI=1S/4C31H31N2O/c1-17(2)24-16-33(7)26(13-19(24)4)28-18(3)10-11-20-23-14-25-22(15-27(23)34-29(20)28)21-9-8-12-32-30(21)31(25,5)6;1-17(2)24-16-33(7)26(13-19(24)4)28-18(3)10-11-20-23-14-22-21-9-8-12-32-30(21)31(5,6)25(22)15-27(23)34-29(20)28;1-17(2)23-16-33(7)26(14-19(23)4)27-18(3)12-13-20-22-15-25-28(32-30(22)34-29(20)27)21-10-8-9-11-24(21)31(25,5)6;1-17(2)24-16-33(7)26(14-19(24)4)27-18(3)12-13-21-23-15-22-20-10-8-9-11-25(20)31(5,6)29(22)32-30(23)34-28(21)27/h4*8-17H,1-7H3/q4*+1. The second-order valence-electron chi connectivity index (χ2n) is 42.8. The van der Waals surface area contributed by atoms with Crippen molar-refractivity contribution >= 4 is 88.0 Å². The SMILES string of the molecule is Cc1cc(-c2c(C)ccc3c2oc2cc4c(cc23)-c2cccnc2C4(C)C)[n+](C)cc1C(C)C.Cc1cc(-c2c(C)ccc3c2oc2cc4c(cc23)C(C)(C)c2ncccc2-4)[n+](C)cc1C(C)C.Cc1cc(-c2c(C)ccc3c2oc2nc4c(cc23)-c2ccccc2C4(C)C)[n+](C)cc1C(C)C.Cc1cc(-c2c(C)ccc3c2oc2nc4c(cc23)C(C)(C)c2ccccc2-4)[n+](C)cc1C(C)C. The largest absolute Gasteiger partial charge is 0.455 e. The van der Waals surface area contributed by atoms with Crippen molar-refractivity contribution in [3.8, 4) is 89.7 Å². The van der Waals surface area contributed by atoms with Crippen LogP contribution in [-0.4, -0.2) is 19.9 Å². The molecule has 24 rings (SSSR count). The molecule has 0 saturated carbocycles. The summed E-state index contributed by atoms with van der Waals surface area (Å²) in [5.41, 5.74) is 51.2. The third-order valence-corrected chi connectivity index (χ3v) is 31.0. The number of hydrogen-bond donors (Lipinski definition) is 0. The Morgan fingerprint density at radius 3 is 1.01 bits per heavy atom. The van der Waals surface area contributed by atoms with Gasteiger partial charge in [0.25, 0.3) is 0 Å². The molecular formula is C124H124N8O4+4. The maximum absolute atomic E-state index is 6.68. The third-order valence-electron chi connectivity index (χ3n) is 31.0. The van der Waals surface area contributed by atoms with E-state index in [4.69, 9.17) is 37.6 Å². The van der Waals surface area contributed by atoms with Crippen LogP contribution >= 0.6 is 0 Å². The zero-order chi connectivity index (χ0) is 95.8. The highest BCUT2D eigenvalue weighted by Gasteiger charge is 2.43. The van der Waals surface area contributed by atoms with Gasteiger partial charge in [0.05, 0.1) is 45.0 Å². The maximum atomic E-state index is 6.68. The molecule has 0 bridgehead atoms. The van der Waals surface area contributed by atoms with Crippen molar-refractivity contribution in [3.05, 3.63) is 331 Å². The first-order chi connectivity index (χ1) is 64.7. The second kappa shape index (κ2) is 31.9. The number of furan rings is 4. The molecule has 0 amide bonds. The third kappa shape index (κ3) is 13.6. The van der Waals surface area contributed by atoms with Gasteiger partial charge in [-0.15, -0.1) is 0 Å². The van der Waals surface area contributed by atoms with Gasteiger partial charge in [-0.1, -0.05) is 220 Å². The number of aryl methyl sites for hydroxylation is 12. The number of pyridine rings is 8. The van der Waals surface area contributed by atoms with Crippen LogP contribution in [0.15, 0.2) is 237 Å². The molecule has 20 aromatic rings. The lowest BCUT2D eigenvalue weighted by Gasteiger charge is -2.20. The molecule has 0 fully saturated rings. The zero-order valence-corrected chi connectivity index (χ0v) is 84.3. The van der Waals surface area contributed by atoms with Crippen molar-refractivity contribution in [1.82, 2.24) is 19.9 Å². The Labute approximate surface area is 798 Å². The molecule has 12 heteroatoms. The van der Waals surface area contributed by atoms with Crippen molar-refractivity contribution in [2.45, 2.75) is 212 Å². The molecule has 680 valence electrons. The van der Waals surface area contributed by atoms with Gasteiger partial charge < -0.3 is 17.7 Å². The molecule has 0 unspecified atom stereocenters. The summed E-state index contributed by atoms with van der Waals surface area (Å²) in [7, 11) is 8.55. The molecule has 0 radical (unpaired) electrons. The quantitative estimate of drug-likeness (QED) is 0.138. The lowest BCUT2D eigenvalue weighted by atomic mass is 9.82. The summed E-state index contributed by atoms with van der Waals surface area (Å²) in [4.78, 5) is 19.7. The Morgan fingerprint density at radius 1 is 0.257 bits per heavy atom. The van der Waals surface area contributed by atoms with Crippen molar-refractivity contribution in [3.63, 3.8) is 0 Å². The highest BCUT2D eigenvalue weighted by Crippen LogP contribution is 2.56. The van der Waals surface area contributed by atoms with Gasteiger partial charge in [-0.2, -0.15) is 0 Å². The average molecular weight is 1790 g/mol. The summed E-state index contributed by atoms with van der Waals surface area (Å²) in [5, 5.41) is 9.11. The van der Waals surface area contributed by atoms with Crippen LogP contribution in [0, 0.1) is 55.4 Å². The van der Waals surface area contributed by atoms with E-state index in [1.54, 1.807) is 0 Å². The van der Waals surface area contributed by atoms with Crippen LogP contribution in [0.2, 0.25) is 0 Å². The van der Waals surface area contributed by atoms with E-state index in [1.807, 2.05) is 24.5 Å². The number of rotatable bonds is 8. The molecule has 0 aliphatic heterocycles. The first-order valence-electron chi connectivity index (χ1n) is 48.6. The van der Waals surface area contributed by atoms with Crippen LogP contribution < -0.4 is 18.3 Å². The van der Waals surface area contributed by atoms with Crippen LogP contribution in [0.25, 0.3) is 178 Å². The molecule has 136 heavy (non-hydrogen) atoms. The summed E-state index contributed by atoms with van der Waals surface area (Å²) in [6.07, 6.45) is 12.9. The van der Waals surface area contributed by atoms with Gasteiger partial charge in [0, 0.05) is 146 Å². The average Bonchev–Trinajstić information content (AvgIpc) is 1.57. The minimum absolute atomic E-state index is 0.0829. The van der Waals surface area contributed by atoms with E-state index in [2.05, 4.69) is 407 Å². The van der Waals surface area contributed by atoms with Crippen LogP contribution in [0.3, 0.4) is 0 Å². The second-order valence-corrected chi connectivity index (χ2v) is 42.8. The monoisotopic (exact) mass is 1790 g/mol. The predicted octanol–water partition coefficient (Wildman–Crippen LogP) is 30.1. The van der Waals surface area contributed by atoms with Gasteiger partial charge in [0.15, 0.2) is 36.0 Å². The van der Waals surface area contributed by atoms with Crippen LogP contribution in [0.1, 0.15) is 246 Å². The van der Waals surface area contributed by atoms with Crippen LogP contribution in [0.4, 0.5) is 0 Å². The number of hydrogen-bond acceptors (Lipinski definition) is 8. The van der Waals surface area contributed by atoms with Gasteiger partial charge in [-0.3, -0.25) is 9.97 Å². The summed E-state index contributed by atoms with van der Waals surface area (Å²) < 4.78 is 35.5. The van der Waals surface area contributed by atoms with Gasteiger partial charge in [0.2, 0.25) is 34.2 Å². The molecule has 8 aromatic carbocycles. The fraction of sp³-hybridized carbons (Fsp3) is 0.290. The van der Waals surface area contributed by atoms with E-state index in [0.29, 0.717) is 29.4 Å². The fourth-order valence-corrected chi connectivity index (χ4v) is 23.6. The van der Waals surface area contributed by atoms with Gasteiger partial charge in [-0.05, 0) is 217 Å². The molecule has 0 saturated heterocycles. The number of nitrogens with zero attached hydrogens (tertiary/aromatic N) is 8. The fourth-order valence-electron chi connectivity index (χ4n) is 23.6. The normalized spacial score (nSPS) is 14.2. The number of fused-ring (bicyclic) bond motifs is 24. The van der Waals surface area contributed by atoms with Gasteiger partial charge >= 0.3 is 0 Å². The Kier molecular flexibility index (Phi) is 20.8. The summed E-state index contributed by atoms with van der Waals surface area (Å²) in [6.45, 7) is 53.7. The van der Waals surface area contributed by atoms with Crippen molar-refractivity contribution < 1.29 is 35.9 Å². The molecule has 12 heterocycles. The van der Waals surface area contributed by atoms with Gasteiger partial charge in [-0.25, -0.2) is 28.2 Å². The van der Waals surface area contributed by atoms with Crippen molar-refractivity contribution in [2.75, 3.05) is 0 Å². The van der Waals surface area contributed by atoms with E-state index < -0.39 is 0 Å². The van der Waals surface area contributed by atoms with E-state index in [0.717, 1.165) is 94.7 Å². The molecule has 12 nitrogen and oxygen atoms in total. The number of aromatic nitrogens is 8. The molecular weight excluding hydrogens is 1670 g/mol. The van der Waals surface area contributed by atoms with Crippen LogP contribution in [0.5, 0.6) is 0 Å². The van der Waals surface area contributed by atoms with Crippen LogP contribution in [-0.2, 0) is 49.9 Å². The van der Waals surface area contributed by atoms with E-state index >= 15 is 0 Å². The topological polar surface area (TPSA) is 120 Å². The Balaban J connectivity index is 0.000000108. The highest BCUT2D eigenvalue weighted by molar-refractivity contribution is 6.15. The molecule has 0 spiro atoms. The molecule has 0 N–H and O–H groups in total. The van der Waals surface area contributed by atoms with E-state index in [9.17, 15) is 0 Å².